The number of hydrogen-bond donors (Lipinski definition) is 2. The Labute approximate surface area is 97.3 Å². The Morgan fingerprint density at radius 2 is 2.29 bits per heavy atom. The first-order valence-corrected chi connectivity index (χ1v) is 4.86. The predicted octanol–water partition coefficient (Wildman–Crippen LogP) is 1.52. The second kappa shape index (κ2) is 4.56. The number of nitrogens with two attached hydrogens (primary N) is 1. The van der Waals surface area contributed by atoms with Gasteiger partial charge in [0.05, 0.1) is 12.7 Å². The third-order valence-corrected chi connectivity index (χ3v) is 2.18. The number of aromatic nitrogens is 1. The van der Waals surface area contributed by atoms with Crippen LogP contribution in [0.1, 0.15) is 10.4 Å². The molecule has 1 aromatic heterocycles. The molecule has 2 rings (SSSR count). The van der Waals surface area contributed by atoms with Gasteiger partial charge in [0.2, 0.25) is 0 Å². The van der Waals surface area contributed by atoms with Crippen LogP contribution in [0.3, 0.4) is 0 Å². The van der Waals surface area contributed by atoms with Gasteiger partial charge in [-0.25, -0.2) is 0 Å². The molecular formula is C11H11N3O3. The Bertz CT molecular complexity index is 523. The van der Waals surface area contributed by atoms with E-state index in [0.717, 1.165) is 0 Å². The van der Waals surface area contributed by atoms with Crippen molar-refractivity contribution >= 4 is 17.4 Å². The highest BCUT2D eigenvalue weighted by Crippen LogP contribution is 2.20. The molecule has 0 unspecified atom stereocenters. The Morgan fingerprint density at radius 1 is 1.47 bits per heavy atom. The van der Waals surface area contributed by atoms with Crippen molar-refractivity contribution in [3.8, 4) is 5.75 Å². The number of ether oxygens (including phenoxy) is 1. The van der Waals surface area contributed by atoms with Crippen molar-refractivity contribution in [2.45, 2.75) is 0 Å². The van der Waals surface area contributed by atoms with Gasteiger partial charge in [0.25, 0.3) is 5.91 Å². The molecule has 0 saturated carbocycles. The van der Waals surface area contributed by atoms with Gasteiger partial charge in [-0.3, -0.25) is 4.79 Å². The molecule has 0 spiro atoms. The first-order chi connectivity index (χ1) is 8.20. The minimum atomic E-state index is -0.365. The average Bonchev–Trinajstić information content (AvgIpc) is 2.82. The summed E-state index contributed by atoms with van der Waals surface area (Å²) >= 11 is 0. The summed E-state index contributed by atoms with van der Waals surface area (Å²) in [6.07, 6.45) is 1.37. The van der Waals surface area contributed by atoms with Crippen LogP contribution in [0.5, 0.6) is 5.75 Å². The maximum absolute atomic E-state index is 11.9. The molecule has 0 aliphatic rings. The summed E-state index contributed by atoms with van der Waals surface area (Å²) in [5.41, 5.74) is 6.41. The monoisotopic (exact) mass is 233 g/mol. The maximum atomic E-state index is 11.9. The van der Waals surface area contributed by atoms with E-state index in [2.05, 4.69) is 15.0 Å². The van der Waals surface area contributed by atoms with Crippen LogP contribution in [0.4, 0.5) is 11.5 Å². The highest BCUT2D eigenvalue weighted by Gasteiger charge is 2.12. The van der Waals surface area contributed by atoms with Crippen molar-refractivity contribution in [3.05, 3.63) is 36.1 Å². The summed E-state index contributed by atoms with van der Waals surface area (Å²) in [7, 11) is 1.52. The average molecular weight is 233 g/mol. The molecule has 0 aliphatic heterocycles. The molecule has 0 atom stereocenters. The zero-order chi connectivity index (χ0) is 12.3. The Kier molecular flexibility index (Phi) is 2.95. The van der Waals surface area contributed by atoms with E-state index < -0.39 is 0 Å². The number of hydrogen-bond acceptors (Lipinski definition) is 5. The fraction of sp³-hybridized carbons (Fsp3) is 0.0909. The minimum absolute atomic E-state index is 0.326. The molecule has 0 fully saturated rings. The van der Waals surface area contributed by atoms with Gasteiger partial charge in [0.1, 0.15) is 12.0 Å². The Morgan fingerprint density at radius 3 is 2.94 bits per heavy atom. The predicted molar refractivity (Wildman–Crippen MR) is 61.9 cm³/mol. The van der Waals surface area contributed by atoms with Crippen molar-refractivity contribution in [2.24, 2.45) is 0 Å². The first-order valence-electron chi connectivity index (χ1n) is 4.86. The lowest BCUT2D eigenvalue weighted by Crippen LogP contribution is -2.14. The van der Waals surface area contributed by atoms with Crippen LogP contribution < -0.4 is 15.8 Å². The van der Waals surface area contributed by atoms with Crippen LogP contribution in [0, 0.1) is 0 Å². The van der Waals surface area contributed by atoms with Gasteiger partial charge in [-0.2, -0.15) is 0 Å². The number of nitrogens with zero attached hydrogens (tertiary/aromatic N) is 1. The Balaban J connectivity index is 2.24. The van der Waals surface area contributed by atoms with E-state index in [9.17, 15) is 4.79 Å². The lowest BCUT2D eigenvalue weighted by atomic mass is 10.1. The second-order valence-electron chi connectivity index (χ2n) is 3.29. The highest BCUT2D eigenvalue weighted by molar-refractivity contribution is 6.07. The zero-order valence-corrected chi connectivity index (χ0v) is 9.14. The van der Waals surface area contributed by atoms with Crippen LogP contribution >= 0.6 is 0 Å². The third-order valence-electron chi connectivity index (χ3n) is 2.18. The molecule has 0 aliphatic carbocycles. The highest BCUT2D eigenvalue weighted by atomic mass is 16.5. The molecule has 3 N–H and O–H groups in total. The number of nitrogens with one attached hydrogen (secondary N) is 1. The molecule has 6 nitrogen and oxygen atoms in total. The van der Waals surface area contributed by atoms with E-state index in [1.807, 2.05) is 0 Å². The summed E-state index contributed by atoms with van der Waals surface area (Å²) < 4.78 is 9.63. The van der Waals surface area contributed by atoms with Gasteiger partial charge in [-0.15, -0.1) is 0 Å². The molecule has 1 heterocycles. The molecule has 17 heavy (non-hydrogen) atoms. The molecule has 0 saturated heterocycles. The summed E-state index contributed by atoms with van der Waals surface area (Å²) in [5.74, 6) is 0.525. The van der Waals surface area contributed by atoms with Gasteiger partial charge >= 0.3 is 0 Å². The molecular weight excluding hydrogens is 222 g/mol. The van der Waals surface area contributed by atoms with E-state index in [1.54, 1.807) is 18.2 Å². The summed E-state index contributed by atoms with van der Waals surface area (Å²) in [6.45, 7) is 0. The number of benzene rings is 1. The zero-order valence-electron chi connectivity index (χ0n) is 9.14. The van der Waals surface area contributed by atoms with E-state index in [1.165, 1.54) is 19.4 Å². The van der Waals surface area contributed by atoms with E-state index in [0.29, 0.717) is 22.8 Å². The molecule has 0 radical (unpaired) electrons. The van der Waals surface area contributed by atoms with E-state index in [-0.39, 0.29) is 5.91 Å². The number of anilines is 2. The van der Waals surface area contributed by atoms with Gasteiger partial charge in [0.15, 0.2) is 5.82 Å². The molecule has 1 amide bonds. The third kappa shape index (κ3) is 2.36. The number of carbonyl (C=O) groups excluding carboxylic acids is 1. The molecule has 1 aromatic carbocycles. The summed E-state index contributed by atoms with van der Waals surface area (Å²) in [4.78, 5) is 11.9. The molecule has 0 bridgehead atoms. The van der Waals surface area contributed by atoms with Crippen LogP contribution in [0.15, 0.2) is 35.1 Å². The largest absolute Gasteiger partial charge is 0.497 e. The normalized spacial score (nSPS) is 9.94. The fourth-order valence-electron chi connectivity index (χ4n) is 1.32. The van der Waals surface area contributed by atoms with E-state index in [4.69, 9.17) is 10.5 Å². The SMILES string of the molecule is COc1ccc(N)c(C(=O)Nc2ccon2)c1. The van der Waals surface area contributed by atoms with Crippen molar-refractivity contribution in [1.82, 2.24) is 5.16 Å². The smallest absolute Gasteiger partial charge is 0.259 e. The second-order valence-corrected chi connectivity index (χ2v) is 3.29. The van der Waals surface area contributed by atoms with Gasteiger partial charge in [-0.1, -0.05) is 5.16 Å². The summed E-state index contributed by atoms with van der Waals surface area (Å²) in [5, 5.41) is 6.13. The lowest BCUT2D eigenvalue weighted by molar-refractivity contribution is 0.102. The van der Waals surface area contributed by atoms with Crippen LogP contribution in [-0.4, -0.2) is 18.2 Å². The first kappa shape index (κ1) is 11.0. The fourth-order valence-corrected chi connectivity index (χ4v) is 1.32. The van der Waals surface area contributed by atoms with Gasteiger partial charge in [-0.05, 0) is 18.2 Å². The van der Waals surface area contributed by atoms with Crippen LogP contribution in [0.2, 0.25) is 0 Å². The molecule has 6 heteroatoms. The van der Waals surface area contributed by atoms with Gasteiger partial charge < -0.3 is 20.3 Å². The molecule has 2 aromatic rings. The van der Waals surface area contributed by atoms with Crippen molar-refractivity contribution in [2.75, 3.05) is 18.2 Å². The summed E-state index contributed by atoms with van der Waals surface area (Å²) in [6, 6.07) is 6.39. The number of carbonyl (C=O) groups is 1. The van der Waals surface area contributed by atoms with Crippen molar-refractivity contribution in [3.63, 3.8) is 0 Å². The lowest BCUT2D eigenvalue weighted by Gasteiger charge is -2.07. The Hall–Kier alpha value is -2.50. The van der Waals surface area contributed by atoms with Crippen LogP contribution in [0.25, 0.3) is 0 Å². The molecule has 88 valence electrons. The maximum Gasteiger partial charge on any atom is 0.259 e. The van der Waals surface area contributed by atoms with Gasteiger partial charge in [0, 0.05) is 11.8 Å². The topological polar surface area (TPSA) is 90.4 Å². The van der Waals surface area contributed by atoms with Crippen LogP contribution in [-0.2, 0) is 0 Å². The van der Waals surface area contributed by atoms with Crippen molar-refractivity contribution < 1.29 is 14.1 Å². The quantitative estimate of drug-likeness (QED) is 0.784. The minimum Gasteiger partial charge on any atom is -0.497 e. The number of nitrogen functional groups attached to an aromatic ring is 1. The van der Waals surface area contributed by atoms with E-state index >= 15 is 0 Å². The number of rotatable bonds is 3. The standard InChI is InChI=1S/C11H11N3O3/c1-16-7-2-3-9(12)8(6-7)11(15)13-10-4-5-17-14-10/h2-6H,12H2,1H3,(H,13,14,15). The number of amides is 1. The van der Waals surface area contributed by atoms with Crippen molar-refractivity contribution in [1.29, 1.82) is 0 Å². The number of methoxy groups -OCH3 is 1.